The van der Waals surface area contributed by atoms with Crippen LogP contribution in [-0.4, -0.2) is 43.5 Å². The summed E-state index contributed by atoms with van der Waals surface area (Å²) in [7, 11) is 1.73. The SMILES string of the molecule is CCC(COC)NC1CCCCCC1NC(=O)OC(C)(C)C. The molecule has 3 atom stereocenters. The van der Waals surface area contributed by atoms with Crippen molar-refractivity contribution < 1.29 is 14.3 Å². The van der Waals surface area contributed by atoms with E-state index in [1.807, 2.05) is 20.8 Å². The van der Waals surface area contributed by atoms with Gasteiger partial charge in [-0.25, -0.2) is 4.79 Å². The summed E-state index contributed by atoms with van der Waals surface area (Å²) >= 11 is 0. The maximum atomic E-state index is 12.1. The minimum atomic E-state index is -0.459. The molecule has 0 aromatic carbocycles. The fraction of sp³-hybridized carbons (Fsp3) is 0.941. The molecule has 1 amide bonds. The first kappa shape index (κ1) is 19.2. The van der Waals surface area contributed by atoms with E-state index in [2.05, 4.69) is 17.6 Å². The molecule has 1 aliphatic carbocycles. The van der Waals surface area contributed by atoms with E-state index in [9.17, 15) is 4.79 Å². The van der Waals surface area contributed by atoms with Gasteiger partial charge in [0, 0.05) is 25.2 Å². The van der Waals surface area contributed by atoms with Crippen molar-refractivity contribution in [2.45, 2.75) is 89.9 Å². The number of alkyl carbamates (subject to hydrolysis) is 1. The summed E-state index contributed by atoms with van der Waals surface area (Å²) in [4.78, 5) is 12.1. The van der Waals surface area contributed by atoms with Crippen molar-refractivity contribution in [3.05, 3.63) is 0 Å². The largest absolute Gasteiger partial charge is 0.444 e. The Morgan fingerprint density at radius 3 is 2.36 bits per heavy atom. The minimum Gasteiger partial charge on any atom is -0.444 e. The van der Waals surface area contributed by atoms with E-state index in [1.54, 1.807) is 7.11 Å². The van der Waals surface area contributed by atoms with Gasteiger partial charge in [0.15, 0.2) is 0 Å². The second-order valence-corrected chi connectivity index (χ2v) is 7.22. The van der Waals surface area contributed by atoms with Crippen molar-refractivity contribution in [1.29, 1.82) is 0 Å². The summed E-state index contributed by atoms with van der Waals surface area (Å²) in [6, 6.07) is 0.745. The van der Waals surface area contributed by atoms with Crippen LogP contribution < -0.4 is 10.6 Å². The molecule has 1 rings (SSSR count). The third kappa shape index (κ3) is 7.45. The van der Waals surface area contributed by atoms with Gasteiger partial charge in [-0.3, -0.25) is 0 Å². The molecule has 1 saturated carbocycles. The number of nitrogens with one attached hydrogen (secondary N) is 2. The molecule has 2 N–H and O–H groups in total. The van der Waals surface area contributed by atoms with E-state index in [4.69, 9.17) is 9.47 Å². The number of ether oxygens (including phenoxy) is 2. The number of rotatable bonds is 6. The Kier molecular flexibility index (Phi) is 8.18. The second-order valence-electron chi connectivity index (χ2n) is 7.22. The average Bonchev–Trinajstić information content (AvgIpc) is 2.62. The topological polar surface area (TPSA) is 59.6 Å². The third-order valence-electron chi connectivity index (χ3n) is 4.03. The summed E-state index contributed by atoms with van der Waals surface area (Å²) in [6.07, 6.45) is 6.37. The molecular formula is C17H34N2O3. The lowest BCUT2D eigenvalue weighted by Gasteiger charge is -2.31. The second kappa shape index (κ2) is 9.36. The fourth-order valence-electron chi connectivity index (χ4n) is 2.93. The normalized spacial score (nSPS) is 24.4. The third-order valence-corrected chi connectivity index (χ3v) is 4.03. The van der Waals surface area contributed by atoms with E-state index in [0.717, 1.165) is 25.7 Å². The highest BCUT2D eigenvalue weighted by Crippen LogP contribution is 2.20. The van der Waals surface area contributed by atoms with Crippen LogP contribution in [0, 0.1) is 0 Å². The zero-order valence-corrected chi connectivity index (χ0v) is 14.9. The van der Waals surface area contributed by atoms with Crippen molar-refractivity contribution in [2.24, 2.45) is 0 Å². The quantitative estimate of drug-likeness (QED) is 0.739. The molecule has 1 fully saturated rings. The van der Waals surface area contributed by atoms with E-state index >= 15 is 0 Å². The molecule has 0 aliphatic heterocycles. The van der Waals surface area contributed by atoms with Gasteiger partial charge in [0.2, 0.25) is 0 Å². The van der Waals surface area contributed by atoms with Crippen LogP contribution in [-0.2, 0) is 9.47 Å². The van der Waals surface area contributed by atoms with Gasteiger partial charge in [-0.2, -0.15) is 0 Å². The molecule has 5 heteroatoms. The van der Waals surface area contributed by atoms with Gasteiger partial charge >= 0.3 is 6.09 Å². The Bertz CT molecular complexity index is 328. The summed E-state index contributed by atoms with van der Waals surface area (Å²) in [5.41, 5.74) is -0.459. The molecule has 130 valence electrons. The van der Waals surface area contributed by atoms with Crippen LogP contribution >= 0.6 is 0 Å². The lowest BCUT2D eigenvalue weighted by atomic mass is 10.0. The minimum absolute atomic E-state index is 0.128. The van der Waals surface area contributed by atoms with Crippen LogP contribution in [0.2, 0.25) is 0 Å². The number of hydrogen-bond acceptors (Lipinski definition) is 4. The van der Waals surface area contributed by atoms with Crippen LogP contribution in [0.1, 0.15) is 66.2 Å². The number of carbonyl (C=O) groups is 1. The number of hydrogen-bond donors (Lipinski definition) is 2. The van der Waals surface area contributed by atoms with Crippen LogP contribution in [0.3, 0.4) is 0 Å². The van der Waals surface area contributed by atoms with Crippen molar-refractivity contribution >= 4 is 6.09 Å². The molecule has 0 aromatic heterocycles. The molecule has 0 radical (unpaired) electrons. The Morgan fingerprint density at radius 1 is 1.18 bits per heavy atom. The Labute approximate surface area is 135 Å². The molecule has 5 nitrogen and oxygen atoms in total. The Hall–Kier alpha value is -0.810. The van der Waals surface area contributed by atoms with Gasteiger partial charge < -0.3 is 20.1 Å². The zero-order chi connectivity index (χ0) is 16.6. The maximum absolute atomic E-state index is 12.1. The van der Waals surface area contributed by atoms with Gasteiger partial charge in [-0.1, -0.05) is 26.2 Å². The van der Waals surface area contributed by atoms with Crippen molar-refractivity contribution in [3.63, 3.8) is 0 Å². The number of amides is 1. The predicted molar refractivity (Wildman–Crippen MR) is 89.1 cm³/mol. The summed E-state index contributed by atoms with van der Waals surface area (Å²) in [5.74, 6) is 0. The van der Waals surface area contributed by atoms with E-state index in [1.165, 1.54) is 12.8 Å². The van der Waals surface area contributed by atoms with Crippen molar-refractivity contribution in [2.75, 3.05) is 13.7 Å². The molecular weight excluding hydrogens is 280 g/mol. The van der Waals surface area contributed by atoms with Crippen molar-refractivity contribution in [1.82, 2.24) is 10.6 Å². The Morgan fingerprint density at radius 2 is 1.82 bits per heavy atom. The Balaban J connectivity index is 2.63. The van der Waals surface area contributed by atoms with Crippen molar-refractivity contribution in [3.8, 4) is 0 Å². The van der Waals surface area contributed by atoms with Gasteiger partial charge in [0.25, 0.3) is 0 Å². The number of methoxy groups -OCH3 is 1. The van der Waals surface area contributed by atoms with Gasteiger partial charge in [0.05, 0.1) is 6.61 Å². The first-order valence-electron chi connectivity index (χ1n) is 8.60. The van der Waals surface area contributed by atoms with E-state index in [-0.39, 0.29) is 18.2 Å². The molecule has 0 bridgehead atoms. The predicted octanol–water partition coefficient (Wildman–Crippen LogP) is 3.23. The lowest BCUT2D eigenvalue weighted by molar-refractivity contribution is 0.0485. The highest BCUT2D eigenvalue weighted by molar-refractivity contribution is 5.68. The summed E-state index contributed by atoms with van der Waals surface area (Å²) in [5, 5.41) is 6.74. The lowest BCUT2D eigenvalue weighted by Crippen LogP contribution is -2.53. The van der Waals surface area contributed by atoms with Crippen LogP contribution in [0.5, 0.6) is 0 Å². The first-order chi connectivity index (χ1) is 10.4. The summed E-state index contributed by atoms with van der Waals surface area (Å²) in [6.45, 7) is 8.53. The average molecular weight is 314 g/mol. The molecule has 3 unspecified atom stereocenters. The first-order valence-corrected chi connectivity index (χ1v) is 8.60. The van der Waals surface area contributed by atoms with Gasteiger partial charge in [-0.15, -0.1) is 0 Å². The molecule has 0 spiro atoms. The standard InChI is InChI=1S/C17H34N2O3/c1-6-13(12-21-5)18-14-10-8-7-9-11-15(14)19-16(20)22-17(2,3)4/h13-15,18H,6-12H2,1-5H3,(H,19,20). The number of carbonyl (C=O) groups excluding carboxylic acids is 1. The van der Waals surface area contributed by atoms with Gasteiger partial charge in [0.1, 0.15) is 5.60 Å². The van der Waals surface area contributed by atoms with Crippen LogP contribution in [0.25, 0.3) is 0 Å². The molecule has 1 aliphatic rings. The van der Waals surface area contributed by atoms with E-state index < -0.39 is 5.60 Å². The highest BCUT2D eigenvalue weighted by atomic mass is 16.6. The highest BCUT2D eigenvalue weighted by Gasteiger charge is 2.28. The molecule has 0 aromatic rings. The monoisotopic (exact) mass is 314 g/mol. The van der Waals surface area contributed by atoms with Crippen LogP contribution in [0.15, 0.2) is 0 Å². The zero-order valence-electron chi connectivity index (χ0n) is 14.9. The van der Waals surface area contributed by atoms with Gasteiger partial charge in [-0.05, 0) is 40.0 Å². The maximum Gasteiger partial charge on any atom is 0.407 e. The fourth-order valence-corrected chi connectivity index (χ4v) is 2.93. The molecule has 0 saturated heterocycles. The smallest absolute Gasteiger partial charge is 0.407 e. The van der Waals surface area contributed by atoms with Crippen LogP contribution in [0.4, 0.5) is 4.79 Å². The molecule has 22 heavy (non-hydrogen) atoms. The summed E-state index contributed by atoms with van der Waals surface area (Å²) < 4.78 is 10.7. The molecule has 0 heterocycles. The van der Waals surface area contributed by atoms with E-state index in [0.29, 0.717) is 12.6 Å².